The number of ether oxygens (including phenoxy) is 1. The Labute approximate surface area is 228 Å². The fourth-order valence-electron chi connectivity index (χ4n) is 4.79. The number of carbonyl (C=O) groups is 2. The van der Waals surface area contributed by atoms with Crippen molar-refractivity contribution in [3.05, 3.63) is 90.3 Å². The van der Waals surface area contributed by atoms with Crippen LogP contribution in [0.5, 0.6) is 11.5 Å². The van der Waals surface area contributed by atoms with Gasteiger partial charge in [0, 0.05) is 43.7 Å². The minimum absolute atomic E-state index is 0.0311. The van der Waals surface area contributed by atoms with E-state index in [1.807, 2.05) is 48.0 Å². The lowest BCUT2D eigenvalue weighted by Crippen LogP contribution is -2.31. The molecular weight excluding hydrogens is 515 g/mol. The number of halogens is 1. The van der Waals surface area contributed by atoms with Crippen molar-refractivity contribution in [2.45, 2.75) is 32.7 Å². The van der Waals surface area contributed by atoms with Crippen molar-refractivity contribution in [3.8, 4) is 22.1 Å². The molecule has 4 heterocycles. The second kappa shape index (κ2) is 10.4. The molecule has 5 aromatic rings. The smallest absolute Gasteiger partial charge is 0.234 e. The Hall–Kier alpha value is -4.37. The molecule has 196 valence electrons. The van der Waals surface area contributed by atoms with Crippen molar-refractivity contribution in [1.82, 2.24) is 14.5 Å². The molecule has 9 heteroatoms. The Bertz CT molecular complexity index is 1710. The van der Waals surface area contributed by atoms with E-state index in [0.717, 1.165) is 45.0 Å². The summed E-state index contributed by atoms with van der Waals surface area (Å²) in [5, 5.41) is 0. The third kappa shape index (κ3) is 5.05. The molecular formula is C30H25FN4O3S. The number of para-hydroxylation sites is 1. The molecule has 1 aliphatic rings. The number of carbonyl (C=O) groups excluding carboxylic acids is 2. The van der Waals surface area contributed by atoms with E-state index < -0.39 is 5.82 Å². The Morgan fingerprint density at radius 1 is 1.08 bits per heavy atom. The Kier molecular flexibility index (Phi) is 6.66. The molecule has 0 spiro atoms. The molecule has 0 aliphatic carbocycles. The minimum atomic E-state index is -0.580. The van der Waals surface area contributed by atoms with Gasteiger partial charge in [-0.15, -0.1) is 11.3 Å². The van der Waals surface area contributed by atoms with Crippen LogP contribution in [0, 0.1) is 5.82 Å². The SMILES string of the molecule is CCn1cnc(-c2cc3nccc(Oc4ccc(CC(=O)CC(=O)N5CCc6ccccc65)cc4F)c3s2)c1. The molecule has 6 rings (SSSR count). The van der Waals surface area contributed by atoms with Crippen molar-refractivity contribution in [2.24, 2.45) is 0 Å². The van der Waals surface area contributed by atoms with Crippen LogP contribution >= 0.6 is 11.3 Å². The van der Waals surface area contributed by atoms with Crippen LogP contribution in [0.25, 0.3) is 20.8 Å². The number of imidazole rings is 1. The molecule has 1 amide bonds. The Morgan fingerprint density at radius 2 is 1.95 bits per heavy atom. The number of aryl methyl sites for hydroxylation is 1. The summed E-state index contributed by atoms with van der Waals surface area (Å²) < 4.78 is 23.8. The highest BCUT2D eigenvalue weighted by molar-refractivity contribution is 7.22. The largest absolute Gasteiger partial charge is 0.453 e. The molecule has 7 nitrogen and oxygen atoms in total. The predicted octanol–water partition coefficient (Wildman–Crippen LogP) is 6.20. The molecule has 0 N–H and O–H groups in total. The van der Waals surface area contributed by atoms with Crippen LogP contribution in [0.15, 0.2) is 73.3 Å². The van der Waals surface area contributed by atoms with Gasteiger partial charge >= 0.3 is 0 Å². The van der Waals surface area contributed by atoms with Gasteiger partial charge in [-0.3, -0.25) is 14.6 Å². The van der Waals surface area contributed by atoms with Crippen molar-refractivity contribution < 1.29 is 18.7 Å². The number of aromatic nitrogens is 3. The van der Waals surface area contributed by atoms with E-state index in [9.17, 15) is 9.59 Å². The number of benzene rings is 2. The van der Waals surface area contributed by atoms with Gasteiger partial charge < -0.3 is 14.2 Å². The molecule has 0 saturated carbocycles. The normalized spacial score (nSPS) is 12.6. The maximum absolute atomic E-state index is 15.0. The van der Waals surface area contributed by atoms with E-state index in [2.05, 4.69) is 9.97 Å². The van der Waals surface area contributed by atoms with Crippen LogP contribution in [-0.2, 0) is 29.0 Å². The van der Waals surface area contributed by atoms with Crippen LogP contribution in [0.4, 0.5) is 10.1 Å². The van der Waals surface area contributed by atoms with Gasteiger partial charge in [-0.25, -0.2) is 9.37 Å². The quantitative estimate of drug-likeness (QED) is 0.219. The molecule has 0 fully saturated rings. The minimum Gasteiger partial charge on any atom is -0.453 e. The van der Waals surface area contributed by atoms with Crippen LogP contribution in [0.2, 0.25) is 0 Å². The molecule has 2 aromatic carbocycles. The first-order valence-electron chi connectivity index (χ1n) is 12.8. The molecule has 3 aromatic heterocycles. The van der Waals surface area contributed by atoms with Crippen LogP contribution in [0.1, 0.15) is 24.5 Å². The first kappa shape index (κ1) is 24.9. The lowest BCUT2D eigenvalue weighted by atomic mass is 10.1. The van der Waals surface area contributed by atoms with Crippen molar-refractivity contribution in [1.29, 1.82) is 0 Å². The highest BCUT2D eigenvalue weighted by Gasteiger charge is 2.25. The van der Waals surface area contributed by atoms with E-state index in [0.29, 0.717) is 17.9 Å². The van der Waals surface area contributed by atoms with Crippen molar-refractivity contribution >= 4 is 38.9 Å². The lowest BCUT2D eigenvalue weighted by Gasteiger charge is -2.17. The fraction of sp³-hybridized carbons (Fsp3) is 0.200. The van der Waals surface area contributed by atoms with Crippen LogP contribution in [-0.4, -0.2) is 32.8 Å². The van der Waals surface area contributed by atoms with Crippen molar-refractivity contribution in [2.75, 3.05) is 11.4 Å². The number of fused-ring (bicyclic) bond motifs is 2. The molecule has 0 saturated heterocycles. The zero-order valence-corrected chi connectivity index (χ0v) is 22.1. The summed E-state index contributed by atoms with van der Waals surface area (Å²) >= 11 is 1.48. The average Bonchev–Trinajstić information content (AvgIpc) is 3.68. The number of hydrogen-bond donors (Lipinski definition) is 0. The van der Waals surface area contributed by atoms with E-state index in [1.165, 1.54) is 23.5 Å². The van der Waals surface area contributed by atoms with Gasteiger partial charge in [0.1, 0.15) is 11.5 Å². The van der Waals surface area contributed by atoms with E-state index in [1.54, 1.807) is 29.6 Å². The van der Waals surface area contributed by atoms with Gasteiger partial charge in [0.25, 0.3) is 0 Å². The highest BCUT2D eigenvalue weighted by atomic mass is 32.1. The number of nitrogens with zero attached hydrogens (tertiary/aromatic N) is 4. The molecule has 39 heavy (non-hydrogen) atoms. The lowest BCUT2D eigenvalue weighted by molar-refractivity contribution is -0.126. The molecule has 0 atom stereocenters. The topological polar surface area (TPSA) is 77.3 Å². The van der Waals surface area contributed by atoms with E-state index in [4.69, 9.17) is 4.74 Å². The number of thiophene rings is 1. The summed E-state index contributed by atoms with van der Waals surface area (Å²) in [6.07, 6.45) is 5.91. The number of Topliss-reactive ketones (excluding diaryl/α,β-unsaturated/α-hetero) is 1. The maximum Gasteiger partial charge on any atom is 0.234 e. The van der Waals surface area contributed by atoms with Gasteiger partial charge in [-0.1, -0.05) is 24.3 Å². The molecule has 1 aliphatic heterocycles. The summed E-state index contributed by atoms with van der Waals surface area (Å²) in [6.45, 7) is 3.45. The van der Waals surface area contributed by atoms with Gasteiger partial charge in [-0.2, -0.15) is 0 Å². The summed E-state index contributed by atoms with van der Waals surface area (Å²) in [7, 11) is 0. The standard InChI is InChI=1S/C30H25FN4O3S/c1-2-34-17-24(33-18-34)28-16-23-30(39-28)27(9-11-32-23)38-26-8-7-19(14-22(26)31)13-21(36)15-29(37)35-12-10-20-5-3-4-6-25(20)35/h3-9,11,14,16-18H,2,10,12-13,15H2,1H3. The van der Waals surface area contributed by atoms with E-state index in [-0.39, 0.29) is 30.3 Å². The molecule has 0 bridgehead atoms. The number of hydrogen-bond acceptors (Lipinski definition) is 6. The number of amides is 1. The zero-order chi connectivity index (χ0) is 26.9. The third-order valence-corrected chi connectivity index (χ3v) is 7.94. The van der Waals surface area contributed by atoms with Crippen molar-refractivity contribution in [3.63, 3.8) is 0 Å². The average molecular weight is 541 g/mol. The number of rotatable bonds is 8. The van der Waals surface area contributed by atoms with Crippen LogP contribution < -0.4 is 9.64 Å². The van der Waals surface area contributed by atoms with Gasteiger partial charge in [-0.05, 0) is 48.7 Å². The summed E-state index contributed by atoms with van der Waals surface area (Å²) in [5.74, 6) is -0.531. The number of pyridine rings is 1. The predicted molar refractivity (Wildman–Crippen MR) is 149 cm³/mol. The fourth-order valence-corrected chi connectivity index (χ4v) is 5.82. The van der Waals surface area contributed by atoms with Crippen LogP contribution in [0.3, 0.4) is 0 Å². The molecule has 0 unspecified atom stereocenters. The van der Waals surface area contributed by atoms with E-state index >= 15 is 4.39 Å². The van der Waals surface area contributed by atoms with Gasteiger partial charge in [0.15, 0.2) is 11.6 Å². The summed E-state index contributed by atoms with van der Waals surface area (Å²) in [4.78, 5) is 36.9. The first-order valence-corrected chi connectivity index (χ1v) is 13.6. The summed E-state index contributed by atoms with van der Waals surface area (Å²) in [6, 6.07) is 15.8. The Morgan fingerprint density at radius 3 is 2.77 bits per heavy atom. The second-order valence-electron chi connectivity index (χ2n) is 9.41. The first-order chi connectivity index (χ1) is 19.0. The van der Waals surface area contributed by atoms with Gasteiger partial charge in [0.05, 0.1) is 33.5 Å². The Balaban J connectivity index is 1.14. The van der Waals surface area contributed by atoms with Gasteiger partial charge in [0.2, 0.25) is 5.91 Å². The summed E-state index contributed by atoms with van der Waals surface area (Å²) in [5.41, 5.74) is 4.05. The highest BCUT2D eigenvalue weighted by Crippen LogP contribution is 2.39. The molecule has 0 radical (unpaired) electrons. The monoisotopic (exact) mass is 540 g/mol. The number of ketones is 1. The maximum atomic E-state index is 15.0. The zero-order valence-electron chi connectivity index (χ0n) is 21.3. The second-order valence-corrected chi connectivity index (χ2v) is 10.5. The third-order valence-electron chi connectivity index (χ3n) is 6.78. The number of anilines is 1.